The molecule has 0 saturated carbocycles. The first-order valence-corrected chi connectivity index (χ1v) is 7.44. The van der Waals surface area contributed by atoms with Gasteiger partial charge in [-0.05, 0) is 30.4 Å². The fraction of sp³-hybridized carbons (Fsp3) is 0.529. The maximum atomic E-state index is 12.1. The molecule has 1 N–H and O–H groups in total. The van der Waals surface area contributed by atoms with E-state index in [-0.39, 0.29) is 24.2 Å². The first kappa shape index (κ1) is 17.2. The SMILES string of the molecule is CCC(NC(=O)Cc1ccccc1C)C(=O)OCC(C)C. The number of carbonyl (C=O) groups is 2. The van der Waals surface area contributed by atoms with Gasteiger partial charge in [0.1, 0.15) is 6.04 Å². The van der Waals surface area contributed by atoms with Gasteiger partial charge in [0.05, 0.1) is 13.0 Å². The first-order chi connectivity index (χ1) is 9.93. The number of carbonyl (C=O) groups excluding carboxylic acids is 2. The third-order valence-corrected chi connectivity index (χ3v) is 3.20. The molecule has 0 fully saturated rings. The fourth-order valence-electron chi connectivity index (χ4n) is 1.90. The number of esters is 1. The monoisotopic (exact) mass is 291 g/mol. The standard InChI is InChI=1S/C17H25NO3/c1-5-15(17(20)21-11-12(2)3)18-16(19)10-14-9-7-6-8-13(14)4/h6-9,12,15H,5,10-11H2,1-4H3,(H,18,19). The van der Waals surface area contributed by atoms with Crippen LogP contribution in [0.2, 0.25) is 0 Å². The number of ether oxygens (including phenoxy) is 1. The lowest BCUT2D eigenvalue weighted by Gasteiger charge is -2.17. The number of nitrogens with one attached hydrogen (secondary N) is 1. The summed E-state index contributed by atoms with van der Waals surface area (Å²) in [6.07, 6.45) is 0.803. The predicted octanol–water partition coefficient (Wildman–Crippen LogP) is 2.63. The van der Waals surface area contributed by atoms with Crippen molar-refractivity contribution in [3.63, 3.8) is 0 Å². The second kappa shape index (κ2) is 8.45. The number of amides is 1. The van der Waals surface area contributed by atoms with E-state index in [1.165, 1.54) is 0 Å². The molecule has 1 amide bonds. The molecular weight excluding hydrogens is 266 g/mol. The average Bonchev–Trinajstić information content (AvgIpc) is 2.44. The molecule has 0 aliphatic heterocycles. The molecule has 0 heterocycles. The summed E-state index contributed by atoms with van der Waals surface area (Å²) in [4.78, 5) is 24.0. The van der Waals surface area contributed by atoms with E-state index in [0.29, 0.717) is 13.0 Å². The molecule has 0 saturated heterocycles. The second-order valence-electron chi connectivity index (χ2n) is 5.66. The normalized spacial score (nSPS) is 12.0. The van der Waals surface area contributed by atoms with Crippen LogP contribution in [-0.2, 0) is 20.7 Å². The molecule has 0 aromatic heterocycles. The van der Waals surface area contributed by atoms with Crippen LogP contribution in [-0.4, -0.2) is 24.5 Å². The fourth-order valence-corrected chi connectivity index (χ4v) is 1.90. The van der Waals surface area contributed by atoms with Crippen molar-refractivity contribution in [2.45, 2.75) is 46.6 Å². The molecule has 21 heavy (non-hydrogen) atoms. The maximum Gasteiger partial charge on any atom is 0.328 e. The summed E-state index contributed by atoms with van der Waals surface area (Å²) in [5.41, 5.74) is 2.04. The van der Waals surface area contributed by atoms with E-state index in [9.17, 15) is 9.59 Å². The minimum absolute atomic E-state index is 0.155. The van der Waals surface area contributed by atoms with Gasteiger partial charge in [-0.25, -0.2) is 4.79 Å². The highest BCUT2D eigenvalue weighted by Crippen LogP contribution is 2.08. The van der Waals surface area contributed by atoms with E-state index in [0.717, 1.165) is 11.1 Å². The Morgan fingerprint density at radius 1 is 1.24 bits per heavy atom. The lowest BCUT2D eigenvalue weighted by molar-refractivity contribution is -0.149. The number of benzene rings is 1. The van der Waals surface area contributed by atoms with Gasteiger partial charge in [0.25, 0.3) is 0 Å². The lowest BCUT2D eigenvalue weighted by Crippen LogP contribution is -2.42. The van der Waals surface area contributed by atoms with Crippen LogP contribution in [0.4, 0.5) is 0 Å². The van der Waals surface area contributed by atoms with E-state index >= 15 is 0 Å². The van der Waals surface area contributed by atoms with E-state index in [2.05, 4.69) is 5.32 Å². The van der Waals surface area contributed by atoms with E-state index in [1.54, 1.807) is 0 Å². The van der Waals surface area contributed by atoms with E-state index in [1.807, 2.05) is 52.0 Å². The van der Waals surface area contributed by atoms with Gasteiger partial charge < -0.3 is 10.1 Å². The number of hydrogen-bond donors (Lipinski definition) is 1. The molecule has 1 aromatic carbocycles. The largest absolute Gasteiger partial charge is 0.464 e. The van der Waals surface area contributed by atoms with Crippen LogP contribution in [0, 0.1) is 12.8 Å². The molecule has 0 aliphatic rings. The zero-order chi connectivity index (χ0) is 15.8. The minimum atomic E-state index is -0.569. The molecule has 4 heteroatoms. The van der Waals surface area contributed by atoms with Crippen LogP contribution in [0.5, 0.6) is 0 Å². The van der Waals surface area contributed by atoms with Gasteiger partial charge in [-0.15, -0.1) is 0 Å². The molecular formula is C17H25NO3. The zero-order valence-corrected chi connectivity index (χ0v) is 13.3. The highest BCUT2D eigenvalue weighted by Gasteiger charge is 2.20. The van der Waals surface area contributed by atoms with Crippen molar-refractivity contribution >= 4 is 11.9 Å². The molecule has 0 bridgehead atoms. The highest BCUT2D eigenvalue weighted by molar-refractivity contribution is 5.85. The van der Waals surface area contributed by atoms with Gasteiger partial charge in [-0.3, -0.25) is 4.79 Å². The van der Waals surface area contributed by atoms with Gasteiger partial charge >= 0.3 is 5.97 Å². The number of hydrogen-bond acceptors (Lipinski definition) is 3. The molecule has 1 atom stereocenters. The van der Waals surface area contributed by atoms with Crippen LogP contribution in [0.1, 0.15) is 38.3 Å². The summed E-state index contributed by atoms with van der Waals surface area (Å²) in [5, 5.41) is 2.75. The van der Waals surface area contributed by atoms with Gasteiger partial charge in [0.2, 0.25) is 5.91 Å². The second-order valence-corrected chi connectivity index (χ2v) is 5.66. The Labute approximate surface area is 126 Å². The van der Waals surface area contributed by atoms with Crippen molar-refractivity contribution in [1.29, 1.82) is 0 Å². The summed E-state index contributed by atoms with van der Waals surface area (Å²) in [6.45, 7) is 8.16. The molecule has 1 rings (SSSR count). The minimum Gasteiger partial charge on any atom is -0.464 e. The Bertz CT molecular complexity index is 483. The van der Waals surface area contributed by atoms with Gasteiger partial charge in [0, 0.05) is 0 Å². The highest BCUT2D eigenvalue weighted by atomic mass is 16.5. The average molecular weight is 291 g/mol. The van der Waals surface area contributed by atoms with Crippen LogP contribution < -0.4 is 5.32 Å². The van der Waals surface area contributed by atoms with E-state index in [4.69, 9.17) is 4.74 Å². The molecule has 0 radical (unpaired) electrons. The smallest absolute Gasteiger partial charge is 0.328 e. The number of rotatable bonds is 7. The van der Waals surface area contributed by atoms with Crippen LogP contribution in [0.15, 0.2) is 24.3 Å². The third kappa shape index (κ3) is 5.98. The van der Waals surface area contributed by atoms with Gasteiger partial charge in [-0.1, -0.05) is 45.0 Å². The number of aryl methyl sites for hydroxylation is 1. The molecule has 1 aromatic rings. The lowest BCUT2D eigenvalue weighted by atomic mass is 10.1. The van der Waals surface area contributed by atoms with E-state index < -0.39 is 6.04 Å². The topological polar surface area (TPSA) is 55.4 Å². The van der Waals surface area contributed by atoms with Crippen molar-refractivity contribution < 1.29 is 14.3 Å². The first-order valence-electron chi connectivity index (χ1n) is 7.44. The summed E-state index contributed by atoms with van der Waals surface area (Å²) >= 11 is 0. The molecule has 4 nitrogen and oxygen atoms in total. The maximum absolute atomic E-state index is 12.1. The summed E-state index contributed by atoms with van der Waals surface area (Å²) < 4.78 is 5.18. The molecule has 0 spiro atoms. The quantitative estimate of drug-likeness (QED) is 0.786. The molecule has 116 valence electrons. The van der Waals surface area contributed by atoms with Crippen molar-refractivity contribution in [2.75, 3.05) is 6.61 Å². The predicted molar refractivity (Wildman–Crippen MR) is 82.9 cm³/mol. The Balaban J connectivity index is 2.55. The van der Waals surface area contributed by atoms with Crippen LogP contribution in [0.25, 0.3) is 0 Å². The third-order valence-electron chi connectivity index (χ3n) is 3.20. The van der Waals surface area contributed by atoms with Gasteiger partial charge in [0.15, 0.2) is 0 Å². The summed E-state index contributed by atoms with van der Waals surface area (Å²) in [6, 6.07) is 7.17. The summed E-state index contributed by atoms with van der Waals surface area (Å²) in [7, 11) is 0. The molecule has 0 aliphatic carbocycles. The van der Waals surface area contributed by atoms with Crippen LogP contribution >= 0.6 is 0 Å². The Morgan fingerprint density at radius 2 is 1.90 bits per heavy atom. The van der Waals surface area contributed by atoms with Crippen molar-refractivity contribution in [3.8, 4) is 0 Å². The zero-order valence-electron chi connectivity index (χ0n) is 13.3. The Kier molecular flexibility index (Phi) is 6.92. The van der Waals surface area contributed by atoms with Gasteiger partial charge in [-0.2, -0.15) is 0 Å². The molecule has 1 unspecified atom stereocenters. The Morgan fingerprint density at radius 3 is 2.48 bits per heavy atom. The van der Waals surface area contributed by atoms with Crippen LogP contribution in [0.3, 0.4) is 0 Å². The van der Waals surface area contributed by atoms with Crippen molar-refractivity contribution in [2.24, 2.45) is 5.92 Å². The Hall–Kier alpha value is -1.84. The van der Waals surface area contributed by atoms with Crippen molar-refractivity contribution in [3.05, 3.63) is 35.4 Å². The summed E-state index contributed by atoms with van der Waals surface area (Å²) in [5.74, 6) is -0.226. The van der Waals surface area contributed by atoms with Crippen molar-refractivity contribution in [1.82, 2.24) is 5.32 Å².